The number of rotatable bonds is 12. The molecule has 0 amide bonds. The predicted octanol–water partition coefficient (Wildman–Crippen LogP) is 6.44. The largest absolute Gasteiger partial charge is 0.489 e. The number of H-pyrrole nitrogens is 1. The molecule has 1 unspecified atom stereocenters. The summed E-state index contributed by atoms with van der Waals surface area (Å²) in [5.41, 5.74) is 0.837. The number of nitrogens with zero attached hydrogens (tertiary/aromatic N) is 1. The Morgan fingerprint density at radius 3 is 2.49 bits per heavy atom. The quantitative estimate of drug-likeness (QED) is 0.201. The van der Waals surface area contributed by atoms with Gasteiger partial charge in [0.2, 0.25) is 10.0 Å². The Hall–Kier alpha value is -2.35. The molecule has 1 aliphatic carbocycles. The SMILES string of the molecule is O=C(O[C@@H](Cc1c(Cl)c[nH+]cc1Cl)c1ccc(OC(F)F)c(OCC2CC2)c1)C1SCCN1S(=O)(=O)c1cccc(Cl)c1. The number of benzene rings is 2. The molecule has 0 radical (unpaired) electrons. The van der Waals surface area contributed by atoms with Gasteiger partial charge in [0.1, 0.15) is 16.1 Å². The summed E-state index contributed by atoms with van der Waals surface area (Å²) in [5, 5.41) is -0.401. The van der Waals surface area contributed by atoms with Crippen LogP contribution in [0.3, 0.4) is 0 Å². The number of carbonyl (C=O) groups excluding carboxylic acids is 1. The minimum Gasteiger partial charge on any atom is -0.489 e. The van der Waals surface area contributed by atoms with Gasteiger partial charge in [0.05, 0.1) is 11.5 Å². The van der Waals surface area contributed by atoms with E-state index >= 15 is 0 Å². The Bertz CT molecular complexity index is 1580. The van der Waals surface area contributed by atoms with E-state index in [-0.39, 0.29) is 44.4 Å². The number of pyridine rings is 1. The maximum Gasteiger partial charge on any atom is 0.387 e. The summed E-state index contributed by atoms with van der Waals surface area (Å²) in [7, 11) is -4.09. The van der Waals surface area contributed by atoms with Crippen LogP contribution in [0.25, 0.3) is 0 Å². The molecule has 2 atom stereocenters. The first-order chi connectivity index (χ1) is 20.5. The topological polar surface area (TPSA) is 96.3 Å². The molecule has 1 saturated carbocycles. The van der Waals surface area contributed by atoms with E-state index in [1.165, 1.54) is 48.8 Å². The third-order valence-electron chi connectivity index (χ3n) is 6.82. The number of hydrogen-bond acceptors (Lipinski definition) is 7. The first-order valence-electron chi connectivity index (χ1n) is 13.2. The van der Waals surface area contributed by atoms with Gasteiger partial charge < -0.3 is 14.2 Å². The predicted molar refractivity (Wildman–Crippen MR) is 158 cm³/mol. The number of ether oxygens (including phenoxy) is 3. The lowest BCUT2D eigenvalue weighted by molar-refractivity contribution is -0.377. The maximum atomic E-state index is 13.7. The molecule has 1 saturated heterocycles. The molecule has 0 bridgehead atoms. The Morgan fingerprint density at radius 2 is 1.81 bits per heavy atom. The lowest BCUT2D eigenvalue weighted by Gasteiger charge is -2.26. The molecule has 2 fully saturated rings. The average molecular weight is 695 g/mol. The lowest BCUT2D eigenvalue weighted by Crippen LogP contribution is -2.40. The molecule has 1 aromatic heterocycles. The third-order valence-corrected chi connectivity index (χ3v) is 10.9. The molecule has 5 rings (SSSR count). The van der Waals surface area contributed by atoms with Crippen LogP contribution in [0.15, 0.2) is 59.8 Å². The summed E-state index contributed by atoms with van der Waals surface area (Å²) in [4.78, 5) is 16.4. The highest BCUT2D eigenvalue weighted by Gasteiger charge is 2.42. The number of alkyl halides is 2. The van der Waals surface area contributed by atoms with Crippen LogP contribution in [0.2, 0.25) is 15.1 Å². The van der Waals surface area contributed by atoms with Crippen molar-refractivity contribution in [1.82, 2.24) is 4.31 Å². The van der Waals surface area contributed by atoms with Gasteiger partial charge in [0, 0.05) is 29.3 Å². The molecule has 230 valence electrons. The summed E-state index contributed by atoms with van der Waals surface area (Å²) >= 11 is 20.0. The molecular weight excluding hydrogens is 669 g/mol. The fraction of sp³-hybridized carbons (Fsp3) is 0.357. The molecule has 1 aliphatic heterocycles. The van der Waals surface area contributed by atoms with Crippen LogP contribution in [0, 0.1) is 5.92 Å². The Morgan fingerprint density at radius 1 is 1.07 bits per heavy atom. The fourth-order valence-electron chi connectivity index (χ4n) is 4.46. The Labute approximate surface area is 266 Å². The van der Waals surface area contributed by atoms with Crippen molar-refractivity contribution in [2.45, 2.75) is 42.2 Å². The second kappa shape index (κ2) is 13.7. The third kappa shape index (κ3) is 7.84. The van der Waals surface area contributed by atoms with Crippen molar-refractivity contribution in [3.05, 3.63) is 81.1 Å². The second-order valence-electron chi connectivity index (χ2n) is 9.89. The highest BCUT2D eigenvalue weighted by Crippen LogP contribution is 2.39. The molecule has 0 spiro atoms. The molecule has 15 heteroatoms. The van der Waals surface area contributed by atoms with Gasteiger partial charge >= 0.3 is 12.6 Å². The van der Waals surface area contributed by atoms with Gasteiger partial charge in [0.15, 0.2) is 29.3 Å². The second-order valence-corrected chi connectivity index (χ2v) is 14.2. The number of thioether (sulfide) groups is 1. The highest BCUT2D eigenvalue weighted by atomic mass is 35.5. The Kier molecular flexibility index (Phi) is 10.2. The number of halogens is 5. The van der Waals surface area contributed by atoms with Crippen LogP contribution in [0.1, 0.15) is 30.1 Å². The number of esters is 1. The van der Waals surface area contributed by atoms with Crippen molar-refractivity contribution in [2.24, 2.45) is 5.92 Å². The number of aromatic amines is 1. The van der Waals surface area contributed by atoms with Crippen molar-refractivity contribution in [1.29, 1.82) is 0 Å². The van der Waals surface area contributed by atoms with Crippen molar-refractivity contribution < 1.29 is 41.2 Å². The van der Waals surface area contributed by atoms with E-state index in [1.54, 1.807) is 6.07 Å². The summed E-state index contributed by atoms with van der Waals surface area (Å²) in [6, 6.07) is 10.0. The minimum absolute atomic E-state index is 0.00632. The van der Waals surface area contributed by atoms with Gasteiger partial charge in [-0.15, -0.1) is 11.8 Å². The van der Waals surface area contributed by atoms with E-state index in [0.29, 0.717) is 29.4 Å². The maximum absolute atomic E-state index is 13.7. The minimum atomic E-state index is -4.09. The van der Waals surface area contributed by atoms with Crippen LogP contribution < -0.4 is 14.5 Å². The van der Waals surface area contributed by atoms with E-state index in [4.69, 9.17) is 44.3 Å². The van der Waals surface area contributed by atoms with E-state index in [9.17, 15) is 22.0 Å². The van der Waals surface area contributed by atoms with Crippen LogP contribution >= 0.6 is 46.6 Å². The molecule has 43 heavy (non-hydrogen) atoms. The van der Waals surface area contributed by atoms with Crippen LogP contribution in [0.4, 0.5) is 8.78 Å². The summed E-state index contributed by atoms with van der Waals surface area (Å²) in [6.07, 6.45) is 3.91. The standard InChI is InChI=1S/C28H25Cl3F2N2O6S2/c29-18-2-1-3-19(11-18)43(37,38)35-8-9-42-26(35)27(36)40-24(12-20-21(30)13-34-14-22(20)31)17-6-7-23(41-28(32)33)25(10-17)39-15-16-4-5-16/h1-3,6-7,10-11,13-14,16,24,26,28H,4-5,8-9,12,15H2/p+1/t24-,26?/m0/s1. The normalized spacial score (nSPS) is 18.0. The molecular formula is C28H26Cl3F2N2O6S2+. The molecule has 3 aromatic rings. The van der Waals surface area contributed by atoms with E-state index < -0.39 is 34.1 Å². The lowest BCUT2D eigenvalue weighted by atomic mass is 10.0. The van der Waals surface area contributed by atoms with Crippen LogP contribution in [0.5, 0.6) is 11.5 Å². The first-order valence-corrected chi connectivity index (χ1v) is 16.8. The van der Waals surface area contributed by atoms with Gasteiger partial charge in [-0.2, -0.15) is 13.1 Å². The molecule has 8 nitrogen and oxygen atoms in total. The van der Waals surface area contributed by atoms with Crippen LogP contribution in [-0.2, 0) is 26.0 Å². The molecule has 2 aliphatic rings. The number of carbonyl (C=O) groups is 1. The van der Waals surface area contributed by atoms with E-state index in [1.807, 2.05) is 0 Å². The van der Waals surface area contributed by atoms with Gasteiger partial charge in [-0.05, 0) is 54.7 Å². The summed E-state index contributed by atoms with van der Waals surface area (Å²) in [6.45, 7) is -2.68. The molecule has 2 heterocycles. The van der Waals surface area contributed by atoms with Gasteiger partial charge in [-0.25, -0.2) is 18.2 Å². The zero-order valence-corrected chi connectivity index (χ0v) is 26.3. The number of nitrogens with one attached hydrogen (secondary N) is 1. The van der Waals surface area contributed by atoms with Crippen molar-refractivity contribution >= 4 is 62.6 Å². The zero-order chi connectivity index (χ0) is 30.7. The van der Waals surface area contributed by atoms with Crippen molar-refractivity contribution in [2.75, 3.05) is 18.9 Å². The molecule has 2 aromatic carbocycles. The van der Waals surface area contributed by atoms with Gasteiger partial charge in [-0.3, -0.25) is 0 Å². The summed E-state index contributed by atoms with van der Waals surface area (Å²) < 4.78 is 70.7. The number of aromatic nitrogens is 1. The zero-order valence-electron chi connectivity index (χ0n) is 22.4. The van der Waals surface area contributed by atoms with E-state index in [0.717, 1.165) is 28.9 Å². The summed E-state index contributed by atoms with van der Waals surface area (Å²) in [5.74, 6) is -0.248. The van der Waals surface area contributed by atoms with Crippen molar-refractivity contribution in [3.8, 4) is 11.5 Å². The average Bonchev–Trinajstić information content (AvgIpc) is 3.65. The smallest absolute Gasteiger partial charge is 0.387 e. The van der Waals surface area contributed by atoms with Gasteiger partial charge in [0.25, 0.3) is 0 Å². The van der Waals surface area contributed by atoms with Crippen molar-refractivity contribution in [3.63, 3.8) is 0 Å². The highest BCUT2D eigenvalue weighted by molar-refractivity contribution is 8.02. The number of hydrogen-bond donors (Lipinski definition) is 0. The fourth-order valence-corrected chi connectivity index (χ4v) is 8.34. The van der Waals surface area contributed by atoms with E-state index in [2.05, 4.69) is 9.72 Å². The monoisotopic (exact) mass is 693 g/mol. The first kappa shape index (κ1) is 32.1. The number of sulfonamides is 1. The Balaban J connectivity index is 1.46. The van der Waals surface area contributed by atoms with Crippen LogP contribution in [-0.4, -0.2) is 49.6 Å². The van der Waals surface area contributed by atoms with Gasteiger partial charge in [-0.1, -0.05) is 46.9 Å². The molecule has 1 N–H and O–H groups in total.